The molecule has 0 spiro atoms. The Balaban J connectivity index is 1.79. The summed E-state index contributed by atoms with van der Waals surface area (Å²) in [6, 6.07) is 5.94. The van der Waals surface area contributed by atoms with Crippen molar-refractivity contribution in [1.82, 2.24) is 20.4 Å². The molecule has 34 heavy (non-hydrogen) atoms. The van der Waals surface area contributed by atoms with E-state index in [9.17, 15) is 14.4 Å². The van der Waals surface area contributed by atoms with Crippen molar-refractivity contribution in [2.75, 3.05) is 45.9 Å². The summed E-state index contributed by atoms with van der Waals surface area (Å²) in [6.07, 6.45) is 0.450. The van der Waals surface area contributed by atoms with Crippen molar-refractivity contribution in [3.05, 3.63) is 46.1 Å². The molecular formula is C24H33ClN4O5. The summed E-state index contributed by atoms with van der Waals surface area (Å²) < 4.78 is 10.7. The summed E-state index contributed by atoms with van der Waals surface area (Å²) in [4.78, 5) is 41.7. The number of urea groups is 1. The van der Waals surface area contributed by atoms with Crippen molar-refractivity contribution >= 4 is 29.7 Å². The number of hydrogen-bond acceptors (Lipinski definition) is 6. The molecule has 0 aliphatic carbocycles. The Morgan fingerprint density at radius 3 is 2.53 bits per heavy atom. The number of nitrogens with zero attached hydrogens (tertiary/aromatic N) is 2. The first-order valence-electron chi connectivity index (χ1n) is 11.7. The summed E-state index contributed by atoms with van der Waals surface area (Å²) >= 11 is 6.02. The lowest BCUT2D eigenvalue weighted by atomic mass is 9.95. The highest BCUT2D eigenvalue weighted by Crippen LogP contribution is 2.29. The van der Waals surface area contributed by atoms with E-state index in [4.69, 9.17) is 21.1 Å². The van der Waals surface area contributed by atoms with Crippen molar-refractivity contribution < 1.29 is 23.9 Å². The lowest BCUT2D eigenvalue weighted by Gasteiger charge is -2.32. The summed E-state index contributed by atoms with van der Waals surface area (Å²) in [5.74, 6) is -0.212. The average molecular weight is 493 g/mol. The minimum Gasteiger partial charge on any atom is -0.463 e. The molecule has 0 aromatic heterocycles. The number of esters is 1. The SMILES string of the molecule is CCOC(=O)C1=C(CN2CCCN(C(=O)OCC(C)C)CC2)NC(=O)NC1c1ccc(Cl)cc1. The van der Waals surface area contributed by atoms with Crippen molar-refractivity contribution in [3.8, 4) is 0 Å². The van der Waals surface area contributed by atoms with E-state index in [1.807, 2.05) is 13.8 Å². The molecule has 0 radical (unpaired) electrons. The van der Waals surface area contributed by atoms with Gasteiger partial charge in [0.2, 0.25) is 0 Å². The Labute approximate surface area is 205 Å². The molecule has 1 atom stereocenters. The maximum absolute atomic E-state index is 13.0. The van der Waals surface area contributed by atoms with Gasteiger partial charge in [0.1, 0.15) is 0 Å². The largest absolute Gasteiger partial charge is 0.463 e. The average Bonchev–Trinajstić information content (AvgIpc) is 3.03. The lowest BCUT2D eigenvalue weighted by Crippen LogP contribution is -2.48. The second-order valence-electron chi connectivity index (χ2n) is 8.78. The third kappa shape index (κ3) is 6.87. The maximum atomic E-state index is 13.0. The molecule has 1 unspecified atom stereocenters. The molecule has 186 valence electrons. The first-order chi connectivity index (χ1) is 16.3. The van der Waals surface area contributed by atoms with Gasteiger partial charge in [-0.1, -0.05) is 37.6 Å². The number of carbonyl (C=O) groups is 3. The molecule has 2 aliphatic heterocycles. The standard InChI is InChI=1S/C24H33ClN4O5/c1-4-33-22(30)20-19(26-23(31)27-21(20)17-6-8-18(25)9-7-17)14-28-10-5-11-29(13-12-28)24(32)34-15-16(2)3/h6-9,16,21H,4-5,10-15H2,1-3H3,(H2,26,27,31). The smallest absolute Gasteiger partial charge is 0.409 e. The van der Waals surface area contributed by atoms with Crippen molar-refractivity contribution in [2.45, 2.75) is 33.2 Å². The normalized spacial score (nSPS) is 19.4. The van der Waals surface area contributed by atoms with Gasteiger partial charge in [0.15, 0.2) is 0 Å². The molecule has 3 rings (SSSR count). The van der Waals surface area contributed by atoms with Gasteiger partial charge < -0.3 is 25.0 Å². The van der Waals surface area contributed by atoms with Gasteiger partial charge in [-0.25, -0.2) is 14.4 Å². The van der Waals surface area contributed by atoms with Crippen LogP contribution in [0.2, 0.25) is 5.02 Å². The third-order valence-electron chi connectivity index (χ3n) is 5.62. The predicted octanol–water partition coefficient (Wildman–Crippen LogP) is 3.31. The van der Waals surface area contributed by atoms with Crippen LogP contribution < -0.4 is 10.6 Å². The maximum Gasteiger partial charge on any atom is 0.409 e. The number of nitrogens with one attached hydrogen (secondary N) is 2. The van der Waals surface area contributed by atoms with Gasteiger partial charge in [0, 0.05) is 43.4 Å². The molecule has 9 nitrogen and oxygen atoms in total. The van der Waals surface area contributed by atoms with Gasteiger partial charge in [-0.05, 0) is 37.0 Å². The molecule has 0 saturated carbocycles. The molecule has 0 bridgehead atoms. The van der Waals surface area contributed by atoms with E-state index in [0.29, 0.717) is 55.6 Å². The monoisotopic (exact) mass is 492 g/mol. The van der Waals surface area contributed by atoms with E-state index in [1.165, 1.54) is 0 Å². The highest BCUT2D eigenvalue weighted by Gasteiger charge is 2.34. The zero-order chi connectivity index (χ0) is 24.7. The van der Waals surface area contributed by atoms with Gasteiger partial charge in [0.05, 0.1) is 24.8 Å². The zero-order valence-corrected chi connectivity index (χ0v) is 20.7. The minimum atomic E-state index is -0.658. The van der Waals surface area contributed by atoms with Gasteiger partial charge in [-0.2, -0.15) is 0 Å². The van der Waals surface area contributed by atoms with Crippen LogP contribution in [0.5, 0.6) is 0 Å². The number of benzene rings is 1. The van der Waals surface area contributed by atoms with E-state index in [-0.39, 0.29) is 18.6 Å². The van der Waals surface area contributed by atoms with Gasteiger partial charge in [-0.3, -0.25) is 4.90 Å². The minimum absolute atomic E-state index is 0.216. The second kappa shape index (κ2) is 12.1. The van der Waals surface area contributed by atoms with Crippen LogP contribution in [-0.4, -0.2) is 73.8 Å². The third-order valence-corrected chi connectivity index (χ3v) is 5.87. The van der Waals surface area contributed by atoms with Gasteiger partial charge in [-0.15, -0.1) is 0 Å². The summed E-state index contributed by atoms with van der Waals surface area (Å²) in [5.41, 5.74) is 1.59. The van der Waals surface area contributed by atoms with Crippen LogP contribution >= 0.6 is 11.6 Å². The predicted molar refractivity (Wildman–Crippen MR) is 128 cm³/mol. The van der Waals surface area contributed by atoms with Gasteiger partial charge >= 0.3 is 18.1 Å². The van der Waals surface area contributed by atoms with Crippen LogP contribution in [0.15, 0.2) is 35.5 Å². The molecule has 2 heterocycles. The van der Waals surface area contributed by atoms with E-state index in [2.05, 4.69) is 15.5 Å². The first kappa shape index (κ1) is 25.8. The number of ether oxygens (including phenoxy) is 2. The second-order valence-corrected chi connectivity index (χ2v) is 9.22. The van der Waals surface area contributed by atoms with E-state index in [0.717, 1.165) is 12.0 Å². The Morgan fingerprint density at radius 2 is 1.85 bits per heavy atom. The van der Waals surface area contributed by atoms with E-state index in [1.54, 1.807) is 36.1 Å². The molecule has 10 heteroatoms. The number of rotatable bonds is 7. The van der Waals surface area contributed by atoms with Crippen molar-refractivity contribution in [2.24, 2.45) is 5.92 Å². The van der Waals surface area contributed by atoms with E-state index < -0.39 is 18.0 Å². The van der Waals surface area contributed by atoms with Crippen molar-refractivity contribution in [3.63, 3.8) is 0 Å². The summed E-state index contributed by atoms with van der Waals surface area (Å²) in [5, 5.41) is 6.20. The Morgan fingerprint density at radius 1 is 1.12 bits per heavy atom. The molecule has 1 saturated heterocycles. The summed E-state index contributed by atoms with van der Waals surface area (Å²) in [6.45, 7) is 9.09. The van der Waals surface area contributed by atoms with Crippen LogP contribution in [-0.2, 0) is 14.3 Å². The molecular weight excluding hydrogens is 460 g/mol. The van der Waals surface area contributed by atoms with Crippen LogP contribution in [0, 0.1) is 5.92 Å². The lowest BCUT2D eigenvalue weighted by molar-refractivity contribution is -0.139. The van der Waals surface area contributed by atoms with E-state index >= 15 is 0 Å². The number of amides is 3. The molecule has 2 aliphatic rings. The van der Waals surface area contributed by atoms with Crippen LogP contribution in [0.4, 0.5) is 9.59 Å². The first-order valence-corrected chi connectivity index (χ1v) is 12.0. The highest BCUT2D eigenvalue weighted by atomic mass is 35.5. The number of carbonyl (C=O) groups excluding carboxylic acids is 3. The van der Waals surface area contributed by atoms with Crippen LogP contribution in [0.3, 0.4) is 0 Å². The molecule has 3 amide bonds. The van der Waals surface area contributed by atoms with Crippen molar-refractivity contribution in [1.29, 1.82) is 0 Å². The molecule has 1 aromatic rings. The fourth-order valence-corrected chi connectivity index (χ4v) is 4.09. The molecule has 1 fully saturated rings. The Kier molecular flexibility index (Phi) is 9.18. The fraction of sp³-hybridized carbons (Fsp3) is 0.542. The van der Waals surface area contributed by atoms with Gasteiger partial charge in [0.25, 0.3) is 0 Å². The Hall–Kier alpha value is -2.78. The summed E-state index contributed by atoms with van der Waals surface area (Å²) in [7, 11) is 0. The van der Waals surface area contributed by atoms with Crippen LogP contribution in [0.1, 0.15) is 38.8 Å². The number of hydrogen-bond donors (Lipinski definition) is 2. The Bertz CT molecular complexity index is 918. The molecule has 2 N–H and O–H groups in total. The number of halogens is 1. The topological polar surface area (TPSA) is 100 Å². The quantitative estimate of drug-likeness (QED) is 0.566. The zero-order valence-electron chi connectivity index (χ0n) is 19.9. The molecule has 1 aromatic carbocycles. The fourth-order valence-electron chi connectivity index (χ4n) is 3.96. The van der Waals surface area contributed by atoms with Crippen LogP contribution in [0.25, 0.3) is 0 Å². The highest BCUT2D eigenvalue weighted by molar-refractivity contribution is 6.30.